The van der Waals surface area contributed by atoms with E-state index < -0.39 is 5.41 Å². The molecular weight excluding hydrogens is 691 g/mol. The number of anilines is 3. The Bertz CT molecular complexity index is 2910. The van der Waals surface area contributed by atoms with Crippen molar-refractivity contribution in [3.8, 4) is 33.4 Å². The summed E-state index contributed by atoms with van der Waals surface area (Å²) in [6.45, 7) is 0. The molecule has 9 aromatic carbocycles. The molecule has 0 bridgehead atoms. The number of fused-ring (bicyclic) bond motifs is 6. The van der Waals surface area contributed by atoms with Gasteiger partial charge in [-0.3, -0.25) is 0 Å². The third-order valence-electron chi connectivity index (χ3n) is 11.8. The van der Waals surface area contributed by atoms with Crippen LogP contribution >= 0.6 is 0 Å². The summed E-state index contributed by atoms with van der Waals surface area (Å²) in [5, 5.41) is 2.20. The van der Waals surface area contributed by atoms with Crippen molar-refractivity contribution in [1.29, 1.82) is 0 Å². The molecule has 0 spiro atoms. The number of rotatable bonds is 7. The van der Waals surface area contributed by atoms with Crippen LogP contribution in [0.3, 0.4) is 0 Å². The quantitative estimate of drug-likeness (QED) is 0.163. The van der Waals surface area contributed by atoms with Gasteiger partial charge in [-0.05, 0) is 98.1 Å². The fourth-order valence-electron chi connectivity index (χ4n) is 9.16. The largest absolute Gasteiger partial charge is 0.456 e. The Hall–Kier alpha value is -7.42. The molecule has 1 aliphatic carbocycles. The van der Waals surface area contributed by atoms with E-state index >= 15 is 0 Å². The number of furan rings is 1. The van der Waals surface area contributed by atoms with E-state index in [2.05, 4.69) is 229 Å². The van der Waals surface area contributed by atoms with E-state index in [1.165, 1.54) is 55.6 Å². The molecule has 0 radical (unpaired) electrons. The van der Waals surface area contributed by atoms with Crippen molar-refractivity contribution in [1.82, 2.24) is 0 Å². The van der Waals surface area contributed by atoms with Gasteiger partial charge in [0.2, 0.25) is 0 Å². The summed E-state index contributed by atoms with van der Waals surface area (Å²) < 4.78 is 6.90. The lowest BCUT2D eigenvalue weighted by atomic mass is 9.67. The van der Waals surface area contributed by atoms with E-state index in [9.17, 15) is 0 Å². The molecule has 0 N–H and O–H groups in total. The Morgan fingerprint density at radius 3 is 1.28 bits per heavy atom. The fraction of sp³-hybridized carbons (Fsp3) is 0.0182. The summed E-state index contributed by atoms with van der Waals surface area (Å²) in [6.07, 6.45) is 0. The molecular formula is C55H37NO. The maximum absolute atomic E-state index is 6.90. The Morgan fingerprint density at radius 2 is 0.737 bits per heavy atom. The van der Waals surface area contributed by atoms with Gasteiger partial charge >= 0.3 is 0 Å². The van der Waals surface area contributed by atoms with Gasteiger partial charge in [-0.25, -0.2) is 0 Å². The van der Waals surface area contributed by atoms with Crippen LogP contribution in [0.25, 0.3) is 55.3 Å². The normalized spacial score (nSPS) is 12.7. The Labute approximate surface area is 332 Å². The van der Waals surface area contributed by atoms with E-state index in [-0.39, 0.29) is 0 Å². The molecule has 1 heterocycles. The molecule has 2 heteroatoms. The highest BCUT2D eigenvalue weighted by Gasteiger charge is 2.46. The first kappa shape index (κ1) is 33.0. The summed E-state index contributed by atoms with van der Waals surface area (Å²) in [5.74, 6) is 0. The molecule has 0 aliphatic heterocycles. The van der Waals surface area contributed by atoms with Crippen LogP contribution in [0.1, 0.15) is 22.3 Å². The zero-order chi connectivity index (χ0) is 37.8. The molecule has 0 atom stereocenters. The monoisotopic (exact) mass is 727 g/mol. The molecule has 2 nitrogen and oxygen atoms in total. The van der Waals surface area contributed by atoms with E-state index in [1.54, 1.807) is 0 Å². The van der Waals surface area contributed by atoms with Crippen LogP contribution in [0, 0.1) is 0 Å². The van der Waals surface area contributed by atoms with Crippen LogP contribution < -0.4 is 4.90 Å². The van der Waals surface area contributed by atoms with Gasteiger partial charge < -0.3 is 9.32 Å². The Morgan fingerprint density at radius 1 is 0.316 bits per heavy atom. The van der Waals surface area contributed by atoms with Gasteiger partial charge in [0, 0.05) is 33.9 Å². The topological polar surface area (TPSA) is 16.4 Å². The number of hydrogen-bond acceptors (Lipinski definition) is 2. The van der Waals surface area contributed by atoms with Crippen molar-refractivity contribution in [2.75, 3.05) is 4.90 Å². The van der Waals surface area contributed by atoms with Crippen LogP contribution in [0.15, 0.2) is 229 Å². The molecule has 10 aromatic rings. The minimum absolute atomic E-state index is 0.485. The predicted octanol–water partition coefficient (Wildman–Crippen LogP) is 14.8. The molecule has 57 heavy (non-hydrogen) atoms. The molecule has 1 aliphatic rings. The Kier molecular flexibility index (Phi) is 7.75. The van der Waals surface area contributed by atoms with Gasteiger partial charge in [0.15, 0.2) is 0 Å². The van der Waals surface area contributed by atoms with Crippen LogP contribution in [-0.2, 0) is 5.41 Å². The van der Waals surface area contributed by atoms with Gasteiger partial charge in [-0.15, -0.1) is 0 Å². The second-order valence-corrected chi connectivity index (χ2v) is 14.9. The van der Waals surface area contributed by atoms with Crippen LogP contribution in [-0.4, -0.2) is 0 Å². The molecule has 0 saturated heterocycles. The standard InChI is InChI=1S/C55H37NO/c1-4-14-38(15-5-1)40-24-29-44(30-25-40)56(45-31-26-41(27-32-45)39-16-6-2-7-17-39)46-33-35-50-49-34-28-43(36-53(49)57-54(50)37-46)55(42-18-8-3-9-19-42)51-22-12-10-20-47(51)48-21-11-13-23-52(48)55/h1-37H. The first-order valence-corrected chi connectivity index (χ1v) is 19.6. The number of hydrogen-bond donors (Lipinski definition) is 0. The third kappa shape index (κ3) is 5.33. The smallest absolute Gasteiger partial charge is 0.137 e. The van der Waals surface area contributed by atoms with Gasteiger partial charge in [0.1, 0.15) is 11.2 Å². The van der Waals surface area contributed by atoms with Crippen LogP contribution in [0.5, 0.6) is 0 Å². The van der Waals surface area contributed by atoms with Crippen molar-refractivity contribution in [2.45, 2.75) is 5.41 Å². The third-order valence-corrected chi connectivity index (χ3v) is 11.8. The SMILES string of the molecule is c1ccc(-c2ccc(N(c3ccc(-c4ccccc4)cc3)c3ccc4c(c3)oc3cc(C5(c6ccccc6)c6ccccc6-c6ccccc65)ccc34)cc2)cc1. The number of nitrogens with zero attached hydrogens (tertiary/aromatic N) is 1. The van der Waals surface area contributed by atoms with E-state index in [1.807, 2.05) is 0 Å². The number of benzene rings is 9. The fourth-order valence-corrected chi connectivity index (χ4v) is 9.16. The van der Waals surface area contributed by atoms with Gasteiger partial charge in [0.25, 0.3) is 0 Å². The molecule has 0 saturated carbocycles. The van der Waals surface area contributed by atoms with Crippen molar-refractivity contribution in [2.24, 2.45) is 0 Å². The minimum Gasteiger partial charge on any atom is -0.456 e. The second kappa shape index (κ2) is 13.4. The maximum atomic E-state index is 6.90. The zero-order valence-corrected chi connectivity index (χ0v) is 31.2. The van der Waals surface area contributed by atoms with Crippen LogP contribution in [0.2, 0.25) is 0 Å². The second-order valence-electron chi connectivity index (χ2n) is 14.9. The highest BCUT2D eigenvalue weighted by molar-refractivity contribution is 6.06. The first-order valence-electron chi connectivity index (χ1n) is 19.6. The lowest BCUT2D eigenvalue weighted by molar-refractivity contribution is 0.665. The molecule has 0 unspecified atom stereocenters. The molecule has 268 valence electrons. The highest BCUT2D eigenvalue weighted by atomic mass is 16.3. The first-order chi connectivity index (χ1) is 28.3. The van der Waals surface area contributed by atoms with E-state index in [4.69, 9.17) is 4.42 Å². The van der Waals surface area contributed by atoms with Gasteiger partial charge in [-0.1, -0.05) is 176 Å². The van der Waals surface area contributed by atoms with E-state index in [0.717, 1.165) is 39.0 Å². The van der Waals surface area contributed by atoms with Crippen LogP contribution in [0.4, 0.5) is 17.1 Å². The average molecular weight is 728 g/mol. The zero-order valence-electron chi connectivity index (χ0n) is 31.2. The lowest BCUT2D eigenvalue weighted by Gasteiger charge is -2.33. The lowest BCUT2D eigenvalue weighted by Crippen LogP contribution is -2.28. The van der Waals surface area contributed by atoms with Crippen molar-refractivity contribution >= 4 is 39.0 Å². The maximum Gasteiger partial charge on any atom is 0.137 e. The summed E-state index contributed by atoms with van der Waals surface area (Å²) in [5.41, 5.74) is 16.8. The molecule has 0 amide bonds. The Balaban J connectivity index is 1.05. The minimum atomic E-state index is -0.485. The molecule has 11 rings (SSSR count). The summed E-state index contributed by atoms with van der Waals surface area (Å²) in [6, 6.07) is 80.9. The highest BCUT2D eigenvalue weighted by Crippen LogP contribution is 2.56. The summed E-state index contributed by atoms with van der Waals surface area (Å²) in [7, 11) is 0. The van der Waals surface area contributed by atoms with Crippen molar-refractivity contribution in [3.05, 3.63) is 247 Å². The molecule has 0 fully saturated rings. The van der Waals surface area contributed by atoms with Crippen molar-refractivity contribution in [3.63, 3.8) is 0 Å². The van der Waals surface area contributed by atoms with Crippen molar-refractivity contribution < 1.29 is 4.42 Å². The summed E-state index contributed by atoms with van der Waals surface area (Å²) in [4.78, 5) is 2.32. The van der Waals surface area contributed by atoms with E-state index in [0.29, 0.717) is 0 Å². The van der Waals surface area contributed by atoms with Gasteiger partial charge in [-0.2, -0.15) is 0 Å². The summed E-state index contributed by atoms with van der Waals surface area (Å²) >= 11 is 0. The van der Waals surface area contributed by atoms with Gasteiger partial charge in [0.05, 0.1) is 5.41 Å². The molecule has 1 aromatic heterocycles. The average Bonchev–Trinajstić information content (AvgIpc) is 3.81. The predicted molar refractivity (Wildman–Crippen MR) is 237 cm³/mol.